The second kappa shape index (κ2) is 7.49. The van der Waals surface area contributed by atoms with Gasteiger partial charge in [-0.25, -0.2) is 4.39 Å². The molecular formula is C18H15FIN3OS. The summed E-state index contributed by atoms with van der Waals surface area (Å²) >= 11 is 7.41. The molecule has 0 saturated heterocycles. The summed E-state index contributed by atoms with van der Waals surface area (Å²) in [6.45, 7) is 1.80. The van der Waals surface area contributed by atoms with Crippen LogP contribution < -0.4 is 16.0 Å². The Labute approximate surface area is 164 Å². The molecule has 0 unspecified atom stereocenters. The molecule has 0 aromatic heterocycles. The Bertz CT molecular complexity index is 850. The molecule has 0 fully saturated rings. The van der Waals surface area contributed by atoms with Gasteiger partial charge < -0.3 is 16.0 Å². The summed E-state index contributed by atoms with van der Waals surface area (Å²) in [7, 11) is 0. The highest BCUT2D eigenvalue weighted by Crippen LogP contribution is 2.28. The average Bonchev–Trinajstić information content (AvgIpc) is 2.57. The highest BCUT2D eigenvalue weighted by molar-refractivity contribution is 14.1. The summed E-state index contributed by atoms with van der Waals surface area (Å²) in [5.74, 6) is -0.568. The zero-order valence-electron chi connectivity index (χ0n) is 13.3. The lowest BCUT2D eigenvalue weighted by molar-refractivity contribution is -0.113. The zero-order valence-corrected chi connectivity index (χ0v) is 16.2. The van der Waals surface area contributed by atoms with Gasteiger partial charge in [-0.1, -0.05) is 12.1 Å². The van der Waals surface area contributed by atoms with Crippen molar-refractivity contribution in [3.05, 3.63) is 74.8 Å². The fourth-order valence-corrected chi connectivity index (χ4v) is 3.26. The number of thiocarbonyl (C=S) groups is 1. The van der Waals surface area contributed by atoms with E-state index in [-0.39, 0.29) is 11.7 Å². The van der Waals surface area contributed by atoms with Gasteiger partial charge in [-0.15, -0.1) is 0 Å². The van der Waals surface area contributed by atoms with E-state index < -0.39 is 6.04 Å². The number of carbonyl (C=O) groups is 1. The molecule has 1 aliphatic rings. The molecule has 0 saturated carbocycles. The Hall–Kier alpha value is -2.00. The molecule has 2 aromatic carbocycles. The van der Waals surface area contributed by atoms with Crippen molar-refractivity contribution in [2.45, 2.75) is 13.0 Å². The molecule has 0 aliphatic carbocycles. The lowest BCUT2D eigenvalue weighted by atomic mass is 9.95. The predicted octanol–water partition coefficient (Wildman–Crippen LogP) is 3.86. The first-order valence-corrected chi connectivity index (χ1v) is 9.03. The van der Waals surface area contributed by atoms with Crippen molar-refractivity contribution in [1.29, 1.82) is 0 Å². The summed E-state index contributed by atoms with van der Waals surface area (Å²) < 4.78 is 14.3. The Morgan fingerprint density at radius 2 is 1.80 bits per heavy atom. The van der Waals surface area contributed by atoms with Crippen LogP contribution in [0.4, 0.5) is 10.1 Å². The van der Waals surface area contributed by atoms with Crippen molar-refractivity contribution in [3.8, 4) is 0 Å². The lowest BCUT2D eigenvalue weighted by Gasteiger charge is -2.30. The van der Waals surface area contributed by atoms with Crippen LogP contribution in [-0.4, -0.2) is 11.0 Å². The molecule has 7 heteroatoms. The van der Waals surface area contributed by atoms with Gasteiger partial charge in [0.15, 0.2) is 5.11 Å². The van der Waals surface area contributed by atoms with Gasteiger partial charge in [0.2, 0.25) is 0 Å². The molecule has 0 bridgehead atoms. The van der Waals surface area contributed by atoms with Crippen LogP contribution in [0.1, 0.15) is 18.5 Å². The van der Waals surface area contributed by atoms with E-state index in [0.29, 0.717) is 22.1 Å². The number of nitrogens with one attached hydrogen (secondary N) is 3. The Morgan fingerprint density at radius 3 is 2.44 bits per heavy atom. The summed E-state index contributed by atoms with van der Waals surface area (Å²) in [6.07, 6.45) is 0. The van der Waals surface area contributed by atoms with Crippen LogP contribution in [0.25, 0.3) is 0 Å². The largest absolute Gasteiger partial charge is 0.351 e. The number of benzene rings is 2. The minimum absolute atomic E-state index is 0.240. The van der Waals surface area contributed by atoms with E-state index in [9.17, 15) is 9.18 Å². The number of halogens is 2. The minimum atomic E-state index is -0.446. The van der Waals surface area contributed by atoms with Crippen LogP contribution in [-0.2, 0) is 4.79 Å². The van der Waals surface area contributed by atoms with E-state index in [1.54, 1.807) is 19.1 Å². The van der Waals surface area contributed by atoms with Crippen molar-refractivity contribution in [2.24, 2.45) is 0 Å². The van der Waals surface area contributed by atoms with Crippen LogP contribution in [0, 0.1) is 9.39 Å². The van der Waals surface area contributed by atoms with Crippen molar-refractivity contribution in [2.75, 3.05) is 5.32 Å². The summed E-state index contributed by atoms with van der Waals surface area (Å²) in [6, 6.07) is 13.1. The first-order valence-electron chi connectivity index (χ1n) is 7.54. The molecule has 3 N–H and O–H groups in total. The highest BCUT2D eigenvalue weighted by atomic mass is 127. The molecule has 0 radical (unpaired) electrons. The summed E-state index contributed by atoms with van der Waals surface area (Å²) in [4.78, 5) is 12.9. The maximum atomic E-state index is 13.2. The Morgan fingerprint density at radius 1 is 1.16 bits per heavy atom. The standard InChI is InChI=1S/C18H15FIN3OS/c1-10-15(17(24)22-14-8-6-13(20)7-9-14)16(23-18(25)21-10)11-2-4-12(19)5-3-11/h2-9,16H,1H3,(H,22,24)(H2,21,23,25)/t16-/m0/s1. The lowest BCUT2D eigenvalue weighted by Crippen LogP contribution is -2.45. The van der Waals surface area contributed by atoms with Gasteiger partial charge in [0.25, 0.3) is 5.91 Å². The third kappa shape index (κ3) is 4.16. The third-order valence-corrected chi connectivity index (χ3v) is 4.76. The number of carbonyl (C=O) groups excluding carboxylic acids is 1. The number of amides is 1. The number of allylic oxidation sites excluding steroid dienone is 1. The van der Waals surface area contributed by atoms with Crippen LogP contribution in [0.2, 0.25) is 0 Å². The second-order valence-corrected chi connectivity index (χ2v) is 7.24. The normalized spacial score (nSPS) is 16.9. The maximum Gasteiger partial charge on any atom is 0.255 e. The van der Waals surface area contributed by atoms with Crippen LogP contribution in [0.5, 0.6) is 0 Å². The number of rotatable bonds is 3. The minimum Gasteiger partial charge on any atom is -0.351 e. The maximum absolute atomic E-state index is 13.2. The van der Waals surface area contributed by atoms with Crippen molar-refractivity contribution >= 4 is 51.5 Å². The Kier molecular flexibility index (Phi) is 5.33. The predicted molar refractivity (Wildman–Crippen MR) is 108 cm³/mol. The fourth-order valence-electron chi connectivity index (χ4n) is 2.63. The molecule has 1 aliphatic heterocycles. The highest BCUT2D eigenvalue weighted by Gasteiger charge is 2.29. The molecular weight excluding hydrogens is 452 g/mol. The van der Waals surface area contributed by atoms with Gasteiger partial charge in [-0.3, -0.25) is 4.79 Å². The molecule has 1 atom stereocenters. The van der Waals surface area contributed by atoms with Gasteiger partial charge in [-0.2, -0.15) is 0 Å². The van der Waals surface area contributed by atoms with E-state index in [4.69, 9.17) is 12.2 Å². The summed E-state index contributed by atoms with van der Waals surface area (Å²) in [5.41, 5.74) is 2.65. The fraction of sp³-hybridized carbons (Fsp3) is 0.111. The monoisotopic (exact) mass is 467 g/mol. The molecule has 4 nitrogen and oxygen atoms in total. The van der Waals surface area contributed by atoms with Gasteiger partial charge in [0.05, 0.1) is 11.6 Å². The van der Waals surface area contributed by atoms with Crippen molar-refractivity contribution in [1.82, 2.24) is 10.6 Å². The van der Waals surface area contributed by atoms with E-state index in [1.807, 2.05) is 24.3 Å². The molecule has 25 heavy (non-hydrogen) atoms. The number of hydrogen-bond acceptors (Lipinski definition) is 2. The topological polar surface area (TPSA) is 53.2 Å². The van der Waals surface area contributed by atoms with Crippen molar-refractivity contribution in [3.63, 3.8) is 0 Å². The third-order valence-electron chi connectivity index (χ3n) is 3.82. The van der Waals surface area contributed by atoms with Gasteiger partial charge in [-0.05, 0) is 83.7 Å². The molecule has 0 spiro atoms. The van der Waals surface area contributed by atoms with Gasteiger partial charge >= 0.3 is 0 Å². The second-order valence-electron chi connectivity index (χ2n) is 5.58. The number of hydrogen-bond donors (Lipinski definition) is 3. The smallest absolute Gasteiger partial charge is 0.255 e. The first kappa shape index (κ1) is 17.8. The molecule has 1 amide bonds. The van der Waals surface area contributed by atoms with E-state index in [2.05, 4.69) is 38.5 Å². The molecule has 128 valence electrons. The quantitative estimate of drug-likeness (QED) is 0.474. The van der Waals surface area contributed by atoms with E-state index in [0.717, 1.165) is 9.13 Å². The van der Waals surface area contributed by atoms with Crippen LogP contribution in [0.3, 0.4) is 0 Å². The molecule has 1 heterocycles. The average molecular weight is 467 g/mol. The molecule has 2 aromatic rings. The van der Waals surface area contributed by atoms with E-state index in [1.165, 1.54) is 12.1 Å². The Balaban J connectivity index is 1.92. The van der Waals surface area contributed by atoms with Crippen LogP contribution in [0.15, 0.2) is 59.8 Å². The first-order chi connectivity index (χ1) is 11.9. The zero-order chi connectivity index (χ0) is 18.0. The van der Waals surface area contributed by atoms with Crippen LogP contribution >= 0.6 is 34.8 Å². The number of anilines is 1. The van der Waals surface area contributed by atoms with Crippen molar-refractivity contribution < 1.29 is 9.18 Å². The van der Waals surface area contributed by atoms with Gasteiger partial charge in [0.1, 0.15) is 5.82 Å². The van der Waals surface area contributed by atoms with Gasteiger partial charge in [0, 0.05) is 15.0 Å². The SMILES string of the molecule is CC1=C(C(=O)Nc2ccc(I)cc2)[C@H](c2ccc(F)cc2)NC(=S)N1. The molecule has 3 rings (SSSR count). The summed E-state index contributed by atoms with van der Waals surface area (Å²) in [5, 5.41) is 9.39. The van der Waals surface area contributed by atoms with E-state index >= 15 is 0 Å².